The third-order valence-electron chi connectivity index (χ3n) is 1.79. The van der Waals surface area contributed by atoms with E-state index in [1.54, 1.807) is 0 Å². The minimum atomic E-state index is -3.00. The van der Waals surface area contributed by atoms with Gasteiger partial charge in [0.15, 0.2) is 0 Å². The van der Waals surface area contributed by atoms with Crippen LogP contribution < -0.4 is 10.1 Å². The molecule has 1 rings (SSSR count). The molecule has 0 saturated carbocycles. The monoisotopic (exact) mass is 265 g/mol. The largest absolute Gasteiger partial charge is 0.433 e. The van der Waals surface area contributed by atoms with E-state index >= 15 is 0 Å². The van der Waals surface area contributed by atoms with Crippen LogP contribution in [0.1, 0.15) is 6.92 Å². The Kier molecular flexibility index (Phi) is 4.65. The quantitative estimate of drug-likeness (QED) is 0.878. The molecule has 0 saturated heterocycles. The molecule has 0 fully saturated rings. The van der Waals surface area contributed by atoms with Gasteiger partial charge in [0.05, 0.1) is 5.02 Å². The van der Waals surface area contributed by atoms with Crippen molar-refractivity contribution < 1.29 is 23.4 Å². The highest BCUT2D eigenvalue weighted by molar-refractivity contribution is 6.32. The summed E-state index contributed by atoms with van der Waals surface area (Å²) in [6, 6.07) is 3.85. The van der Waals surface area contributed by atoms with E-state index in [9.17, 15) is 13.6 Å². The number of rotatable bonds is 4. The SMILES string of the molecule is C[C@H](O)C(=O)Nc1ccc(Cl)c(OC(F)F)c1. The van der Waals surface area contributed by atoms with Gasteiger partial charge in [-0.15, -0.1) is 0 Å². The third kappa shape index (κ3) is 4.16. The number of hydrogen-bond donors (Lipinski definition) is 2. The fourth-order valence-corrected chi connectivity index (χ4v) is 1.18. The standard InChI is InChI=1S/C10H10ClF2NO3/c1-5(15)9(16)14-6-2-3-7(11)8(4-6)17-10(12)13/h2-5,10,15H,1H3,(H,14,16)/t5-/m0/s1. The highest BCUT2D eigenvalue weighted by Crippen LogP contribution is 2.29. The molecule has 1 amide bonds. The maximum atomic E-state index is 12.0. The van der Waals surface area contributed by atoms with Crippen LogP contribution >= 0.6 is 11.6 Å². The number of carbonyl (C=O) groups is 1. The Morgan fingerprint density at radius 1 is 1.53 bits per heavy atom. The second-order valence-electron chi connectivity index (χ2n) is 3.19. The molecule has 2 N–H and O–H groups in total. The molecule has 0 unspecified atom stereocenters. The average Bonchev–Trinajstić information content (AvgIpc) is 2.22. The smallest absolute Gasteiger partial charge is 0.387 e. The number of aliphatic hydroxyl groups excluding tert-OH is 1. The summed E-state index contributed by atoms with van der Waals surface area (Å²) in [7, 11) is 0. The first-order chi connectivity index (χ1) is 7.90. The van der Waals surface area contributed by atoms with E-state index in [4.69, 9.17) is 16.7 Å². The minimum Gasteiger partial charge on any atom is -0.433 e. The Balaban J connectivity index is 2.85. The summed E-state index contributed by atoms with van der Waals surface area (Å²) in [5, 5.41) is 11.3. The van der Waals surface area contributed by atoms with Gasteiger partial charge in [0.25, 0.3) is 5.91 Å². The van der Waals surface area contributed by atoms with Crippen LogP contribution in [0.3, 0.4) is 0 Å². The Morgan fingerprint density at radius 2 is 2.18 bits per heavy atom. The zero-order valence-corrected chi connectivity index (χ0v) is 9.54. The molecule has 17 heavy (non-hydrogen) atoms. The molecule has 0 aliphatic rings. The van der Waals surface area contributed by atoms with Crippen molar-refractivity contribution in [2.75, 3.05) is 5.32 Å². The molecule has 0 bridgehead atoms. The molecular weight excluding hydrogens is 256 g/mol. The van der Waals surface area contributed by atoms with Crippen LogP contribution in [0.2, 0.25) is 5.02 Å². The lowest BCUT2D eigenvalue weighted by atomic mass is 10.3. The molecule has 1 aromatic rings. The number of anilines is 1. The van der Waals surface area contributed by atoms with Gasteiger partial charge >= 0.3 is 6.61 Å². The van der Waals surface area contributed by atoms with Gasteiger partial charge in [-0.25, -0.2) is 0 Å². The number of amides is 1. The molecule has 0 heterocycles. The summed E-state index contributed by atoms with van der Waals surface area (Å²) in [5.74, 6) is -0.902. The van der Waals surface area contributed by atoms with E-state index < -0.39 is 18.6 Å². The second kappa shape index (κ2) is 5.79. The summed E-state index contributed by atoms with van der Waals surface area (Å²) < 4.78 is 28.2. The zero-order valence-electron chi connectivity index (χ0n) is 8.78. The molecule has 0 spiro atoms. The van der Waals surface area contributed by atoms with Crippen LogP contribution in [0.5, 0.6) is 5.75 Å². The van der Waals surface area contributed by atoms with Crippen LogP contribution in [0.15, 0.2) is 18.2 Å². The Hall–Kier alpha value is -1.40. The van der Waals surface area contributed by atoms with Crippen LogP contribution in [0.4, 0.5) is 14.5 Å². The number of nitrogens with one attached hydrogen (secondary N) is 1. The fraction of sp³-hybridized carbons (Fsp3) is 0.300. The van der Waals surface area contributed by atoms with Gasteiger partial charge < -0.3 is 15.2 Å². The van der Waals surface area contributed by atoms with Gasteiger partial charge in [0.2, 0.25) is 0 Å². The van der Waals surface area contributed by atoms with Gasteiger partial charge in [0.1, 0.15) is 11.9 Å². The summed E-state index contributed by atoms with van der Waals surface area (Å²) >= 11 is 5.62. The number of halogens is 3. The first kappa shape index (κ1) is 13.7. The number of aliphatic hydroxyl groups is 1. The summed E-state index contributed by atoms with van der Waals surface area (Å²) in [6.45, 7) is -1.72. The Morgan fingerprint density at radius 3 is 2.71 bits per heavy atom. The van der Waals surface area contributed by atoms with Crippen molar-refractivity contribution in [2.45, 2.75) is 19.6 Å². The molecule has 4 nitrogen and oxygen atoms in total. The molecule has 0 aliphatic carbocycles. The average molecular weight is 266 g/mol. The number of hydrogen-bond acceptors (Lipinski definition) is 3. The van der Waals surface area contributed by atoms with Gasteiger partial charge in [-0.1, -0.05) is 11.6 Å². The topological polar surface area (TPSA) is 58.6 Å². The number of carbonyl (C=O) groups excluding carboxylic acids is 1. The maximum Gasteiger partial charge on any atom is 0.387 e. The van der Waals surface area contributed by atoms with E-state index in [2.05, 4.69) is 10.1 Å². The predicted molar refractivity (Wildman–Crippen MR) is 58.4 cm³/mol. The van der Waals surface area contributed by atoms with Crippen molar-refractivity contribution in [2.24, 2.45) is 0 Å². The molecule has 1 aromatic carbocycles. The first-order valence-corrected chi connectivity index (χ1v) is 5.01. The maximum absolute atomic E-state index is 12.0. The number of benzene rings is 1. The van der Waals surface area contributed by atoms with Crippen molar-refractivity contribution in [3.8, 4) is 5.75 Å². The van der Waals surface area contributed by atoms with E-state index in [-0.39, 0.29) is 16.5 Å². The second-order valence-corrected chi connectivity index (χ2v) is 3.60. The van der Waals surface area contributed by atoms with Gasteiger partial charge in [-0.05, 0) is 19.1 Å². The molecule has 0 radical (unpaired) electrons. The molecule has 7 heteroatoms. The van der Waals surface area contributed by atoms with Crippen molar-refractivity contribution >= 4 is 23.2 Å². The fourth-order valence-electron chi connectivity index (χ4n) is 1.01. The highest BCUT2D eigenvalue weighted by atomic mass is 35.5. The summed E-state index contributed by atoms with van der Waals surface area (Å²) in [4.78, 5) is 11.1. The summed E-state index contributed by atoms with van der Waals surface area (Å²) in [5.41, 5.74) is 0.205. The van der Waals surface area contributed by atoms with E-state index in [1.807, 2.05) is 0 Å². The minimum absolute atomic E-state index is 0.000320. The lowest BCUT2D eigenvalue weighted by molar-refractivity contribution is -0.123. The van der Waals surface area contributed by atoms with E-state index in [1.165, 1.54) is 19.1 Å². The Bertz CT molecular complexity index is 413. The molecule has 0 aromatic heterocycles. The molecule has 1 atom stereocenters. The van der Waals surface area contributed by atoms with Crippen molar-refractivity contribution in [1.29, 1.82) is 0 Å². The van der Waals surface area contributed by atoms with Gasteiger partial charge in [0, 0.05) is 11.8 Å². The first-order valence-electron chi connectivity index (χ1n) is 4.63. The number of alkyl halides is 2. The van der Waals surface area contributed by atoms with Crippen molar-refractivity contribution in [1.82, 2.24) is 0 Å². The molecule has 94 valence electrons. The van der Waals surface area contributed by atoms with Crippen LogP contribution in [0.25, 0.3) is 0 Å². The van der Waals surface area contributed by atoms with E-state index in [0.717, 1.165) is 6.07 Å². The summed E-state index contributed by atoms with van der Waals surface area (Å²) in [6.07, 6.45) is -1.20. The van der Waals surface area contributed by atoms with Crippen LogP contribution in [0, 0.1) is 0 Å². The van der Waals surface area contributed by atoms with E-state index in [0.29, 0.717) is 0 Å². The Labute approximate surface area is 101 Å². The predicted octanol–water partition coefficient (Wildman–Crippen LogP) is 2.26. The van der Waals surface area contributed by atoms with Crippen molar-refractivity contribution in [3.05, 3.63) is 23.2 Å². The van der Waals surface area contributed by atoms with Crippen LogP contribution in [-0.4, -0.2) is 23.7 Å². The highest BCUT2D eigenvalue weighted by Gasteiger charge is 2.12. The van der Waals surface area contributed by atoms with Crippen molar-refractivity contribution in [3.63, 3.8) is 0 Å². The molecular formula is C10H10ClF2NO3. The zero-order chi connectivity index (χ0) is 13.0. The normalized spacial score (nSPS) is 12.4. The third-order valence-corrected chi connectivity index (χ3v) is 2.11. The lowest BCUT2D eigenvalue weighted by Crippen LogP contribution is -2.24. The van der Waals surface area contributed by atoms with Crippen LogP contribution in [-0.2, 0) is 4.79 Å². The number of ether oxygens (including phenoxy) is 1. The molecule has 0 aliphatic heterocycles. The lowest BCUT2D eigenvalue weighted by Gasteiger charge is -2.10. The van der Waals surface area contributed by atoms with Gasteiger partial charge in [-0.2, -0.15) is 8.78 Å². The van der Waals surface area contributed by atoms with Gasteiger partial charge in [-0.3, -0.25) is 4.79 Å².